The number of rotatable bonds is 4. The molecular weight excluding hydrogens is 350 g/mol. The Morgan fingerprint density at radius 2 is 1.76 bits per heavy atom. The average Bonchev–Trinajstić information content (AvgIpc) is 2.45. The summed E-state index contributed by atoms with van der Waals surface area (Å²) in [4.78, 5) is 0. The highest BCUT2D eigenvalue weighted by molar-refractivity contribution is 9.10. The van der Waals surface area contributed by atoms with Crippen LogP contribution in [-0.2, 0) is 6.42 Å². The zero-order valence-electron chi connectivity index (χ0n) is 11.1. The van der Waals surface area contributed by atoms with E-state index in [9.17, 15) is 17.6 Å². The van der Waals surface area contributed by atoms with E-state index in [4.69, 9.17) is 0 Å². The van der Waals surface area contributed by atoms with Gasteiger partial charge < -0.3 is 5.32 Å². The first-order valence-electron chi connectivity index (χ1n) is 6.18. The summed E-state index contributed by atoms with van der Waals surface area (Å²) in [5.74, 6) is -4.33. The number of hydrogen-bond donors (Lipinski definition) is 1. The lowest BCUT2D eigenvalue weighted by atomic mass is 9.98. The molecule has 112 valence electrons. The summed E-state index contributed by atoms with van der Waals surface area (Å²) in [5, 5.41) is 2.85. The molecule has 2 rings (SSSR count). The Morgan fingerprint density at radius 1 is 1.05 bits per heavy atom. The van der Waals surface area contributed by atoms with Crippen molar-refractivity contribution in [1.29, 1.82) is 0 Å². The zero-order chi connectivity index (χ0) is 15.6. The molecule has 0 saturated heterocycles. The lowest BCUT2D eigenvalue weighted by molar-refractivity contribution is 0.428. The molecule has 0 aliphatic heterocycles. The molecule has 0 aromatic heterocycles. The number of nitrogens with one attached hydrogen (secondary N) is 1. The third-order valence-corrected chi connectivity index (χ3v) is 3.97. The van der Waals surface area contributed by atoms with E-state index in [0.717, 1.165) is 11.6 Å². The summed E-state index contributed by atoms with van der Waals surface area (Å²) in [6.45, 7) is 0. The van der Waals surface area contributed by atoms with Crippen LogP contribution in [0.2, 0.25) is 0 Å². The van der Waals surface area contributed by atoms with E-state index in [1.54, 1.807) is 13.1 Å². The lowest BCUT2D eigenvalue weighted by Gasteiger charge is -2.18. The van der Waals surface area contributed by atoms with Crippen LogP contribution in [0.5, 0.6) is 0 Å². The van der Waals surface area contributed by atoms with Crippen molar-refractivity contribution >= 4 is 15.9 Å². The molecule has 0 saturated carbocycles. The van der Waals surface area contributed by atoms with Crippen LogP contribution in [0.1, 0.15) is 17.2 Å². The monoisotopic (exact) mass is 361 g/mol. The maximum atomic E-state index is 13.8. The molecule has 0 radical (unpaired) electrons. The highest BCUT2D eigenvalue weighted by Gasteiger charge is 2.20. The van der Waals surface area contributed by atoms with Crippen LogP contribution in [0, 0.1) is 23.3 Å². The largest absolute Gasteiger partial charge is 0.313 e. The van der Waals surface area contributed by atoms with Gasteiger partial charge in [-0.3, -0.25) is 0 Å². The molecular formula is C15H12BrF4N. The van der Waals surface area contributed by atoms with Crippen LogP contribution in [0.15, 0.2) is 34.8 Å². The van der Waals surface area contributed by atoms with Crippen molar-refractivity contribution in [3.8, 4) is 0 Å². The molecule has 2 aromatic carbocycles. The first-order valence-corrected chi connectivity index (χ1v) is 6.98. The molecule has 0 spiro atoms. The minimum absolute atomic E-state index is 0.0209. The molecule has 1 nitrogen and oxygen atoms in total. The lowest BCUT2D eigenvalue weighted by Crippen LogP contribution is -2.21. The SMILES string of the molecule is CNC(Cc1ccc(F)cc1Br)c1ccc(F)c(F)c1F. The molecule has 1 unspecified atom stereocenters. The molecule has 21 heavy (non-hydrogen) atoms. The molecule has 0 aliphatic carbocycles. The molecule has 0 bridgehead atoms. The normalized spacial score (nSPS) is 12.5. The second-order valence-corrected chi connectivity index (χ2v) is 5.40. The fourth-order valence-electron chi connectivity index (χ4n) is 2.08. The van der Waals surface area contributed by atoms with Gasteiger partial charge in [0.05, 0.1) is 0 Å². The Labute approximate surface area is 128 Å². The van der Waals surface area contributed by atoms with Crippen molar-refractivity contribution in [2.45, 2.75) is 12.5 Å². The smallest absolute Gasteiger partial charge is 0.194 e. The molecule has 1 N–H and O–H groups in total. The van der Waals surface area contributed by atoms with Crippen LogP contribution in [0.3, 0.4) is 0 Å². The standard InChI is InChI=1S/C15H12BrF4N/c1-21-13(6-8-2-3-9(17)7-11(8)16)10-4-5-12(18)15(20)14(10)19/h2-5,7,13,21H,6H2,1H3. The van der Waals surface area contributed by atoms with E-state index in [1.807, 2.05) is 0 Å². The number of likely N-dealkylation sites (N-methyl/N-ethyl adjacent to an activating group) is 1. The Balaban J connectivity index is 2.34. The van der Waals surface area contributed by atoms with Gasteiger partial charge in [0, 0.05) is 16.1 Å². The van der Waals surface area contributed by atoms with Crippen molar-refractivity contribution in [1.82, 2.24) is 5.32 Å². The Kier molecular flexibility index (Phi) is 5.00. The van der Waals surface area contributed by atoms with Crippen molar-refractivity contribution in [3.05, 3.63) is 69.2 Å². The summed E-state index contributed by atoms with van der Waals surface area (Å²) in [5.41, 5.74) is 0.743. The number of benzene rings is 2. The molecule has 2 aromatic rings. The van der Waals surface area contributed by atoms with Crippen LogP contribution in [-0.4, -0.2) is 7.05 Å². The highest BCUT2D eigenvalue weighted by Crippen LogP contribution is 2.27. The van der Waals surface area contributed by atoms with Crippen LogP contribution in [0.4, 0.5) is 17.6 Å². The fourth-order valence-corrected chi connectivity index (χ4v) is 2.60. The minimum atomic E-state index is -1.49. The maximum Gasteiger partial charge on any atom is 0.194 e. The second-order valence-electron chi connectivity index (χ2n) is 4.55. The summed E-state index contributed by atoms with van der Waals surface area (Å²) in [7, 11) is 1.59. The van der Waals surface area contributed by atoms with Gasteiger partial charge in [0.15, 0.2) is 17.5 Å². The van der Waals surface area contributed by atoms with Gasteiger partial charge in [0.2, 0.25) is 0 Å². The third-order valence-electron chi connectivity index (χ3n) is 3.23. The van der Waals surface area contributed by atoms with Crippen LogP contribution in [0.25, 0.3) is 0 Å². The van der Waals surface area contributed by atoms with E-state index in [-0.39, 0.29) is 5.56 Å². The zero-order valence-corrected chi connectivity index (χ0v) is 12.6. The first-order chi connectivity index (χ1) is 9.93. The van der Waals surface area contributed by atoms with E-state index >= 15 is 0 Å². The summed E-state index contributed by atoms with van der Waals surface area (Å²) in [6, 6.07) is 5.66. The van der Waals surface area contributed by atoms with Gasteiger partial charge in [-0.05, 0) is 37.2 Å². The van der Waals surface area contributed by atoms with Gasteiger partial charge in [-0.25, -0.2) is 17.6 Å². The van der Waals surface area contributed by atoms with E-state index in [2.05, 4.69) is 21.2 Å². The maximum absolute atomic E-state index is 13.8. The topological polar surface area (TPSA) is 12.0 Å². The summed E-state index contributed by atoms with van der Waals surface area (Å²) in [6.07, 6.45) is 0.291. The summed E-state index contributed by atoms with van der Waals surface area (Å²) >= 11 is 3.23. The quantitative estimate of drug-likeness (QED) is 0.624. The van der Waals surface area contributed by atoms with E-state index in [0.29, 0.717) is 10.9 Å². The predicted molar refractivity (Wildman–Crippen MR) is 75.9 cm³/mol. The van der Waals surface area contributed by atoms with Gasteiger partial charge in [-0.2, -0.15) is 0 Å². The number of hydrogen-bond acceptors (Lipinski definition) is 1. The molecule has 0 aliphatic rings. The second kappa shape index (κ2) is 6.58. The molecule has 0 amide bonds. The molecule has 6 heteroatoms. The third kappa shape index (κ3) is 3.44. The van der Waals surface area contributed by atoms with Gasteiger partial charge in [0.25, 0.3) is 0 Å². The average molecular weight is 362 g/mol. The van der Waals surface area contributed by atoms with Crippen molar-refractivity contribution in [3.63, 3.8) is 0 Å². The molecule has 0 heterocycles. The van der Waals surface area contributed by atoms with E-state index in [1.165, 1.54) is 18.2 Å². The minimum Gasteiger partial charge on any atom is -0.313 e. The van der Waals surface area contributed by atoms with Gasteiger partial charge in [-0.1, -0.05) is 28.1 Å². The van der Waals surface area contributed by atoms with Crippen molar-refractivity contribution in [2.24, 2.45) is 0 Å². The van der Waals surface area contributed by atoms with Crippen molar-refractivity contribution in [2.75, 3.05) is 7.05 Å². The Morgan fingerprint density at radius 3 is 2.38 bits per heavy atom. The molecule has 0 fully saturated rings. The van der Waals surface area contributed by atoms with Gasteiger partial charge >= 0.3 is 0 Å². The van der Waals surface area contributed by atoms with Crippen LogP contribution < -0.4 is 5.32 Å². The first kappa shape index (κ1) is 16.0. The Hall–Kier alpha value is -1.40. The molecule has 1 atom stereocenters. The summed E-state index contributed by atoms with van der Waals surface area (Å²) < 4.78 is 53.7. The predicted octanol–water partition coefficient (Wildman–Crippen LogP) is 4.51. The van der Waals surface area contributed by atoms with Gasteiger partial charge in [0.1, 0.15) is 5.82 Å². The fraction of sp³-hybridized carbons (Fsp3) is 0.200. The van der Waals surface area contributed by atoms with Crippen LogP contribution >= 0.6 is 15.9 Å². The van der Waals surface area contributed by atoms with E-state index < -0.39 is 29.3 Å². The number of halogens is 5. The Bertz CT molecular complexity index is 660. The highest BCUT2D eigenvalue weighted by atomic mass is 79.9. The van der Waals surface area contributed by atoms with Gasteiger partial charge in [-0.15, -0.1) is 0 Å². The van der Waals surface area contributed by atoms with Crippen molar-refractivity contribution < 1.29 is 17.6 Å².